The van der Waals surface area contributed by atoms with E-state index in [1.165, 1.54) is 7.11 Å². The largest absolute Gasteiger partial charge is 0.386 e. The van der Waals surface area contributed by atoms with Crippen LogP contribution in [0.25, 0.3) is 0 Å². The summed E-state index contributed by atoms with van der Waals surface area (Å²) in [6, 6.07) is 0. The molecule has 1 aliphatic heterocycles. The Morgan fingerprint density at radius 1 is 1.55 bits per heavy atom. The maximum Gasteiger partial charge on any atom is 0.184 e. The van der Waals surface area contributed by atoms with Crippen LogP contribution in [-0.2, 0) is 9.47 Å². The van der Waals surface area contributed by atoms with Gasteiger partial charge in [0.1, 0.15) is 6.10 Å². The summed E-state index contributed by atoms with van der Waals surface area (Å²) < 4.78 is 9.84. The smallest absolute Gasteiger partial charge is 0.184 e. The van der Waals surface area contributed by atoms with E-state index < -0.39 is 17.8 Å². The molecule has 5 heteroatoms. The average Bonchev–Trinajstić information content (AvgIpc) is 2.01. The lowest BCUT2D eigenvalue weighted by molar-refractivity contribution is -0.198. The molecule has 0 aromatic carbocycles. The molecular formula is C6H10Cl2O3. The molecule has 4 atom stereocenters. The molecular weight excluding hydrogens is 191 g/mol. The lowest BCUT2D eigenvalue weighted by atomic mass is 10.1. The third-order valence-corrected chi connectivity index (χ3v) is 2.69. The van der Waals surface area contributed by atoms with Gasteiger partial charge in [-0.2, -0.15) is 0 Å². The van der Waals surface area contributed by atoms with Gasteiger partial charge in [-0.3, -0.25) is 0 Å². The van der Waals surface area contributed by atoms with Crippen LogP contribution in [-0.4, -0.2) is 42.0 Å². The molecule has 1 fully saturated rings. The molecule has 1 saturated heterocycles. The van der Waals surface area contributed by atoms with Crippen LogP contribution in [0.5, 0.6) is 0 Å². The zero-order chi connectivity index (χ0) is 8.43. The van der Waals surface area contributed by atoms with Crippen molar-refractivity contribution in [2.45, 2.75) is 23.1 Å². The number of halogens is 2. The maximum absolute atomic E-state index is 9.34. The first kappa shape index (κ1) is 9.55. The number of hydrogen-bond donors (Lipinski definition) is 1. The molecule has 0 aliphatic carbocycles. The molecule has 3 nitrogen and oxygen atoms in total. The van der Waals surface area contributed by atoms with Gasteiger partial charge >= 0.3 is 0 Å². The summed E-state index contributed by atoms with van der Waals surface area (Å²) in [5.74, 6) is 0. The number of hydrogen-bond acceptors (Lipinski definition) is 3. The molecule has 1 N–H and O–H groups in total. The number of ether oxygens (including phenoxy) is 2. The van der Waals surface area contributed by atoms with Crippen LogP contribution in [0.15, 0.2) is 0 Å². The second-order valence-corrected chi connectivity index (χ2v) is 3.45. The predicted octanol–water partition coefficient (Wildman–Crippen LogP) is 0.565. The minimum absolute atomic E-state index is 0.311. The molecule has 0 amide bonds. The lowest BCUT2D eigenvalue weighted by Gasteiger charge is -2.33. The predicted molar refractivity (Wildman–Crippen MR) is 42.0 cm³/mol. The van der Waals surface area contributed by atoms with Crippen LogP contribution in [0, 0.1) is 0 Å². The Kier molecular flexibility index (Phi) is 3.40. The fourth-order valence-electron chi connectivity index (χ4n) is 0.949. The highest BCUT2D eigenvalue weighted by Gasteiger charge is 2.37. The summed E-state index contributed by atoms with van der Waals surface area (Å²) in [5.41, 5.74) is 0. The summed E-state index contributed by atoms with van der Waals surface area (Å²) in [6.07, 6.45) is -1.49. The number of alkyl halides is 2. The summed E-state index contributed by atoms with van der Waals surface area (Å²) >= 11 is 11.5. The van der Waals surface area contributed by atoms with Gasteiger partial charge in [0, 0.05) is 7.11 Å². The molecule has 0 bridgehead atoms. The molecule has 11 heavy (non-hydrogen) atoms. The van der Waals surface area contributed by atoms with Crippen LogP contribution in [0.2, 0.25) is 0 Å². The van der Waals surface area contributed by atoms with Gasteiger partial charge < -0.3 is 14.6 Å². The first-order valence-corrected chi connectivity index (χ1v) is 4.14. The SMILES string of the molecule is COC1OCC(Cl)C(Cl)C1O. The van der Waals surface area contributed by atoms with E-state index in [4.69, 9.17) is 32.7 Å². The number of rotatable bonds is 1. The maximum atomic E-state index is 9.34. The fraction of sp³-hybridized carbons (Fsp3) is 1.00. The molecule has 0 aromatic heterocycles. The number of methoxy groups -OCH3 is 1. The van der Waals surface area contributed by atoms with Crippen LogP contribution in [0.4, 0.5) is 0 Å². The minimum Gasteiger partial charge on any atom is -0.386 e. The van der Waals surface area contributed by atoms with Crippen molar-refractivity contribution in [1.82, 2.24) is 0 Å². The van der Waals surface area contributed by atoms with Crippen molar-refractivity contribution in [1.29, 1.82) is 0 Å². The molecule has 1 aliphatic rings. The lowest BCUT2D eigenvalue weighted by Crippen LogP contribution is -2.48. The van der Waals surface area contributed by atoms with Gasteiger partial charge in [0.25, 0.3) is 0 Å². The zero-order valence-electron chi connectivity index (χ0n) is 6.04. The monoisotopic (exact) mass is 200 g/mol. The van der Waals surface area contributed by atoms with Gasteiger partial charge in [-0.1, -0.05) is 0 Å². The van der Waals surface area contributed by atoms with E-state index in [0.717, 1.165) is 0 Å². The molecule has 66 valence electrons. The van der Waals surface area contributed by atoms with Crippen LogP contribution in [0.1, 0.15) is 0 Å². The van der Waals surface area contributed by atoms with E-state index in [1.807, 2.05) is 0 Å². The molecule has 1 rings (SSSR count). The standard InChI is InChI=1S/C6H10Cl2O3/c1-10-6-5(9)4(8)3(7)2-11-6/h3-6,9H,2H2,1H3. The van der Waals surface area contributed by atoms with Crippen molar-refractivity contribution in [3.63, 3.8) is 0 Å². The Hall–Kier alpha value is 0.460. The second-order valence-electron chi connectivity index (χ2n) is 2.39. The molecule has 0 spiro atoms. The van der Waals surface area contributed by atoms with Gasteiger partial charge in [0.15, 0.2) is 6.29 Å². The molecule has 1 heterocycles. The van der Waals surface area contributed by atoms with Gasteiger partial charge in [0.2, 0.25) is 0 Å². The molecule has 0 saturated carbocycles. The highest BCUT2D eigenvalue weighted by atomic mass is 35.5. The van der Waals surface area contributed by atoms with Crippen molar-refractivity contribution < 1.29 is 14.6 Å². The van der Waals surface area contributed by atoms with Gasteiger partial charge in [-0.15, -0.1) is 23.2 Å². The summed E-state index contributed by atoms with van der Waals surface area (Å²) in [7, 11) is 1.45. The van der Waals surface area contributed by atoms with Gasteiger partial charge in [-0.25, -0.2) is 0 Å². The minimum atomic E-state index is -0.849. The Morgan fingerprint density at radius 2 is 2.18 bits per heavy atom. The van der Waals surface area contributed by atoms with Crippen LogP contribution in [0.3, 0.4) is 0 Å². The summed E-state index contributed by atoms with van der Waals surface area (Å²) in [4.78, 5) is 0. The van der Waals surface area contributed by atoms with Gasteiger partial charge in [-0.05, 0) is 0 Å². The van der Waals surface area contributed by atoms with E-state index in [0.29, 0.717) is 6.61 Å². The third kappa shape index (κ3) is 1.98. The van der Waals surface area contributed by atoms with Crippen molar-refractivity contribution in [2.75, 3.05) is 13.7 Å². The second kappa shape index (κ2) is 3.92. The van der Waals surface area contributed by atoms with Gasteiger partial charge in [0.05, 0.1) is 17.4 Å². The average molecular weight is 201 g/mol. The first-order valence-electron chi connectivity index (χ1n) is 3.27. The Bertz CT molecular complexity index is 131. The Morgan fingerprint density at radius 3 is 2.73 bits per heavy atom. The van der Waals surface area contributed by atoms with Crippen LogP contribution >= 0.6 is 23.2 Å². The van der Waals surface area contributed by atoms with E-state index in [9.17, 15) is 5.11 Å². The molecule has 0 radical (unpaired) electrons. The highest BCUT2D eigenvalue weighted by Crippen LogP contribution is 2.24. The molecule has 4 unspecified atom stereocenters. The third-order valence-electron chi connectivity index (χ3n) is 1.60. The first-order chi connectivity index (χ1) is 5.16. The quantitative estimate of drug-likeness (QED) is 0.630. The number of aliphatic hydroxyl groups is 1. The van der Waals surface area contributed by atoms with Crippen LogP contribution < -0.4 is 0 Å². The summed E-state index contributed by atoms with van der Waals surface area (Å²) in [5, 5.41) is 8.49. The fourth-order valence-corrected chi connectivity index (χ4v) is 1.36. The van der Waals surface area contributed by atoms with E-state index in [-0.39, 0.29) is 5.38 Å². The Balaban J connectivity index is 2.52. The van der Waals surface area contributed by atoms with Crippen molar-refractivity contribution in [2.24, 2.45) is 0 Å². The molecule has 0 aromatic rings. The van der Waals surface area contributed by atoms with Crippen molar-refractivity contribution in [3.05, 3.63) is 0 Å². The van der Waals surface area contributed by atoms with E-state index in [2.05, 4.69) is 0 Å². The van der Waals surface area contributed by atoms with E-state index in [1.54, 1.807) is 0 Å². The van der Waals surface area contributed by atoms with Crippen molar-refractivity contribution in [3.8, 4) is 0 Å². The highest BCUT2D eigenvalue weighted by molar-refractivity contribution is 6.30. The number of aliphatic hydroxyl groups excluding tert-OH is 1. The normalized spacial score (nSPS) is 45.8. The topological polar surface area (TPSA) is 38.7 Å². The summed E-state index contributed by atoms with van der Waals surface area (Å²) in [6.45, 7) is 0.311. The zero-order valence-corrected chi connectivity index (χ0v) is 7.55. The van der Waals surface area contributed by atoms with Crippen molar-refractivity contribution >= 4 is 23.2 Å². The van der Waals surface area contributed by atoms with E-state index >= 15 is 0 Å². The Labute approximate surface area is 75.2 Å².